The molecule has 0 spiro atoms. The van der Waals surface area contributed by atoms with E-state index in [-0.39, 0.29) is 12.2 Å². The van der Waals surface area contributed by atoms with Crippen LogP contribution in [0.3, 0.4) is 0 Å². The fourth-order valence-corrected chi connectivity index (χ4v) is 3.40. The van der Waals surface area contributed by atoms with E-state index in [9.17, 15) is 9.59 Å². The second kappa shape index (κ2) is 7.76. The average molecular weight is 434 g/mol. The molecule has 1 N–H and O–H groups in total. The molecule has 7 heteroatoms. The minimum Gasteiger partial charge on any atom is -0.488 e. The number of hydrogen-bond donors (Lipinski definition) is 1. The Bertz CT molecular complexity index is 913. The number of ether oxygens (including phenoxy) is 1. The molecule has 0 bridgehead atoms. The van der Waals surface area contributed by atoms with Crippen LogP contribution in [0.15, 0.2) is 65.2 Å². The standard InChI is InChI=1S/C19H14BrClN2O3/c1-2-8-26-17-12(9-13(21)11-16(17)20)10-15-18(24)22-23(19(15)25)14-6-4-3-5-7-14/h2-7,9-11H,1,8H2,(H,22,24). The Hall–Kier alpha value is -2.57. The van der Waals surface area contributed by atoms with Crippen LogP contribution in [-0.2, 0) is 9.59 Å². The van der Waals surface area contributed by atoms with Crippen molar-refractivity contribution in [1.82, 2.24) is 5.43 Å². The molecule has 1 fully saturated rings. The third-order valence-electron chi connectivity index (χ3n) is 3.59. The van der Waals surface area contributed by atoms with Crippen molar-refractivity contribution in [2.24, 2.45) is 0 Å². The zero-order valence-electron chi connectivity index (χ0n) is 13.5. The van der Waals surface area contributed by atoms with E-state index >= 15 is 0 Å². The monoisotopic (exact) mass is 432 g/mol. The first-order chi connectivity index (χ1) is 12.5. The fourth-order valence-electron chi connectivity index (χ4n) is 2.45. The number of carbonyl (C=O) groups excluding carboxylic acids is 2. The van der Waals surface area contributed by atoms with Crippen LogP contribution in [0.5, 0.6) is 5.75 Å². The molecule has 0 radical (unpaired) electrons. The lowest BCUT2D eigenvalue weighted by atomic mass is 10.1. The van der Waals surface area contributed by atoms with Gasteiger partial charge in [0.1, 0.15) is 17.9 Å². The normalized spacial score (nSPS) is 15.3. The average Bonchev–Trinajstić information content (AvgIpc) is 2.90. The maximum absolute atomic E-state index is 12.7. The summed E-state index contributed by atoms with van der Waals surface area (Å²) < 4.78 is 6.25. The molecule has 0 unspecified atom stereocenters. The molecule has 1 aliphatic rings. The van der Waals surface area contributed by atoms with Crippen molar-refractivity contribution >= 4 is 51.1 Å². The van der Waals surface area contributed by atoms with E-state index in [0.717, 1.165) is 0 Å². The molecule has 2 aromatic rings. The summed E-state index contributed by atoms with van der Waals surface area (Å²) in [5.74, 6) is -0.475. The van der Waals surface area contributed by atoms with Gasteiger partial charge in [-0.2, -0.15) is 0 Å². The third-order valence-corrected chi connectivity index (χ3v) is 4.40. The predicted molar refractivity (Wildman–Crippen MR) is 105 cm³/mol. The van der Waals surface area contributed by atoms with Gasteiger partial charge in [-0.05, 0) is 46.3 Å². The van der Waals surface area contributed by atoms with Crippen LogP contribution in [-0.4, -0.2) is 18.4 Å². The quantitative estimate of drug-likeness (QED) is 0.438. The van der Waals surface area contributed by atoms with E-state index < -0.39 is 11.8 Å². The summed E-state index contributed by atoms with van der Waals surface area (Å²) >= 11 is 9.50. The first-order valence-corrected chi connectivity index (χ1v) is 8.83. The minimum atomic E-state index is -0.496. The molecule has 0 aliphatic carbocycles. The summed E-state index contributed by atoms with van der Waals surface area (Å²) in [6.45, 7) is 3.89. The maximum Gasteiger partial charge on any atom is 0.282 e. The maximum atomic E-state index is 12.7. The molecule has 2 aromatic carbocycles. The zero-order valence-corrected chi connectivity index (χ0v) is 15.9. The summed E-state index contributed by atoms with van der Waals surface area (Å²) in [5, 5.41) is 1.65. The molecule has 1 aliphatic heterocycles. The van der Waals surface area contributed by atoms with Gasteiger partial charge < -0.3 is 4.74 Å². The van der Waals surface area contributed by atoms with E-state index in [4.69, 9.17) is 16.3 Å². The Labute approximate surface area is 164 Å². The number of hydrazine groups is 1. The highest BCUT2D eigenvalue weighted by Crippen LogP contribution is 2.35. The summed E-state index contributed by atoms with van der Waals surface area (Å²) in [7, 11) is 0. The van der Waals surface area contributed by atoms with Crippen molar-refractivity contribution in [2.45, 2.75) is 0 Å². The number of anilines is 1. The summed E-state index contributed by atoms with van der Waals surface area (Å²) in [6.07, 6.45) is 3.07. The van der Waals surface area contributed by atoms with E-state index in [1.165, 1.54) is 11.1 Å². The number of nitrogens with one attached hydrogen (secondary N) is 1. The lowest BCUT2D eigenvalue weighted by Crippen LogP contribution is -2.35. The van der Waals surface area contributed by atoms with Crippen LogP contribution in [0, 0.1) is 0 Å². The van der Waals surface area contributed by atoms with E-state index in [0.29, 0.717) is 26.5 Å². The number of rotatable bonds is 5. The highest BCUT2D eigenvalue weighted by atomic mass is 79.9. The second-order valence-electron chi connectivity index (χ2n) is 5.38. The first kappa shape index (κ1) is 18.2. The van der Waals surface area contributed by atoms with Crippen LogP contribution >= 0.6 is 27.5 Å². The SMILES string of the molecule is C=CCOc1c(Br)cc(Cl)cc1C=C1C(=O)NN(c2ccccc2)C1=O. The largest absolute Gasteiger partial charge is 0.488 e. The van der Waals surface area contributed by atoms with Crippen molar-refractivity contribution in [2.75, 3.05) is 11.6 Å². The Balaban J connectivity index is 2.01. The van der Waals surface area contributed by atoms with E-state index in [1.807, 2.05) is 6.07 Å². The van der Waals surface area contributed by atoms with Crippen molar-refractivity contribution in [3.63, 3.8) is 0 Å². The van der Waals surface area contributed by atoms with E-state index in [2.05, 4.69) is 27.9 Å². The molecule has 3 rings (SSSR count). The lowest BCUT2D eigenvalue weighted by Gasteiger charge is -2.14. The fraction of sp³-hybridized carbons (Fsp3) is 0.0526. The van der Waals surface area contributed by atoms with Crippen molar-refractivity contribution in [1.29, 1.82) is 0 Å². The molecular weight excluding hydrogens is 420 g/mol. The van der Waals surface area contributed by atoms with Crippen LogP contribution in [0.4, 0.5) is 5.69 Å². The molecule has 1 saturated heterocycles. The van der Waals surface area contributed by atoms with Gasteiger partial charge in [-0.1, -0.05) is 42.5 Å². The van der Waals surface area contributed by atoms with Crippen LogP contribution in [0.25, 0.3) is 6.08 Å². The second-order valence-corrected chi connectivity index (χ2v) is 6.67. The molecular formula is C19H14BrClN2O3. The first-order valence-electron chi connectivity index (χ1n) is 7.66. The minimum absolute atomic E-state index is 0.00790. The molecule has 0 atom stereocenters. The smallest absolute Gasteiger partial charge is 0.282 e. The Morgan fingerprint density at radius 3 is 2.65 bits per heavy atom. The van der Waals surface area contributed by atoms with Gasteiger partial charge in [0.15, 0.2) is 0 Å². The van der Waals surface area contributed by atoms with Crippen molar-refractivity contribution in [3.05, 3.63) is 75.8 Å². The number of nitrogens with zero attached hydrogens (tertiary/aromatic N) is 1. The van der Waals surface area contributed by atoms with Gasteiger partial charge in [-0.3, -0.25) is 15.0 Å². The van der Waals surface area contributed by atoms with Crippen LogP contribution in [0.1, 0.15) is 5.56 Å². The molecule has 0 saturated carbocycles. The molecule has 2 amide bonds. The predicted octanol–water partition coefficient (Wildman–Crippen LogP) is 4.13. The summed E-state index contributed by atoms with van der Waals surface area (Å²) in [6, 6.07) is 12.2. The molecule has 26 heavy (non-hydrogen) atoms. The number of para-hydroxylation sites is 1. The van der Waals surface area contributed by atoms with Crippen molar-refractivity contribution in [3.8, 4) is 5.75 Å². The van der Waals surface area contributed by atoms with Gasteiger partial charge in [-0.25, -0.2) is 5.01 Å². The molecule has 132 valence electrons. The molecule has 0 aromatic heterocycles. The van der Waals surface area contributed by atoms with Gasteiger partial charge in [0.05, 0.1) is 10.2 Å². The number of benzene rings is 2. The highest BCUT2D eigenvalue weighted by molar-refractivity contribution is 9.10. The number of halogens is 2. The molecule has 1 heterocycles. The van der Waals surface area contributed by atoms with Crippen LogP contribution < -0.4 is 15.2 Å². The summed E-state index contributed by atoms with van der Waals surface area (Å²) in [5.41, 5.74) is 3.64. The third kappa shape index (κ3) is 3.66. The molecule has 5 nitrogen and oxygen atoms in total. The lowest BCUT2D eigenvalue weighted by molar-refractivity contribution is -0.117. The van der Waals surface area contributed by atoms with Gasteiger partial charge in [0.25, 0.3) is 11.8 Å². The Morgan fingerprint density at radius 2 is 1.96 bits per heavy atom. The Kier molecular flexibility index (Phi) is 5.44. The van der Waals surface area contributed by atoms with E-state index in [1.54, 1.807) is 42.5 Å². The Morgan fingerprint density at radius 1 is 1.23 bits per heavy atom. The van der Waals surface area contributed by atoms with Gasteiger partial charge in [-0.15, -0.1) is 0 Å². The van der Waals surface area contributed by atoms with Crippen molar-refractivity contribution < 1.29 is 14.3 Å². The van der Waals surface area contributed by atoms with Gasteiger partial charge >= 0.3 is 0 Å². The zero-order chi connectivity index (χ0) is 18.7. The number of hydrogen-bond acceptors (Lipinski definition) is 3. The topological polar surface area (TPSA) is 58.6 Å². The summed E-state index contributed by atoms with van der Waals surface area (Å²) in [4.78, 5) is 25.0. The number of amides is 2. The number of carbonyl (C=O) groups is 2. The van der Waals surface area contributed by atoms with Gasteiger partial charge in [0.2, 0.25) is 0 Å². The van der Waals surface area contributed by atoms with Gasteiger partial charge in [0, 0.05) is 10.6 Å². The highest BCUT2D eigenvalue weighted by Gasteiger charge is 2.34. The van der Waals surface area contributed by atoms with Crippen LogP contribution in [0.2, 0.25) is 5.02 Å².